The Bertz CT molecular complexity index is 602. The van der Waals surface area contributed by atoms with Gasteiger partial charge in [-0.05, 0) is 44.0 Å². The molecule has 0 saturated carbocycles. The number of carbonyl (C=O) groups excluding carboxylic acids is 1. The van der Waals surface area contributed by atoms with Crippen LogP contribution in [0.3, 0.4) is 0 Å². The highest BCUT2D eigenvalue weighted by atomic mass is 16.5. The van der Waals surface area contributed by atoms with Crippen molar-refractivity contribution in [3.8, 4) is 6.07 Å². The molecule has 5 heteroatoms. The van der Waals surface area contributed by atoms with Crippen LogP contribution in [0.5, 0.6) is 0 Å². The van der Waals surface area contributed by atoms with Gasteiger partial charge in [-0.1, -0.05) is 12.1 Å². The minimum absolute atomic E-state index is 0.0951. The van der Waals surface area contributed by atoms with Gasteiger partial charge in [0.2, 0.25) is 5.91 Å². The van der Waals surface area contributed by atoms with Crippen molar-refractivity contribution in [1.82, 2.24) is 9.80 Å². The predicted octanol–water partition coefficient (Wildman–Crippen LogP) is 2.19. The number of hydrogen-bond acceptors (Lipinski definition) is 4. The highest BCUT2D eigenvalue weighted by Gasteiger charge is 2.31. The number of carbonyl (C=O) groups is 1. The first-order valence-electron chi connectivity index (χ1n) is 8.79. The van der Waals surface area contributed by atoms with Crippen LogP contribution in [0.15, 0.2) is 24.3 Å². The van der Waals surface area contributed by atoms with Gasteiger partial charge in [-0.3, -0.25) is 9.69 Å². The summed E-state index contributed by atoms with van der Waals surface area (Å²) >= 11 is 0. The van der Waals surface area contributed by atoms with Crippen LogP contribution in [0.25, 0.3) is 0 Å². The molecule has 0 spiro atoms. The van der Waals surface area contributed by atoms with E-state index in [4.69, 9.17) is 10.00 Å². The largest absolute Gasteiger partial charge is 0.378 e. The second kappa shape index (κ2) is 7.78. The van der Waals surface area contributed by atoms with Gasteiger partial charge in [0.15, 0.2) is 0 Å². The van der Waals surface area contributed by atoms with Gasteiger partial charge in [0, 0.05) is 25.7 Å². The standard InChI is InChI=1S/C19H25N3O2/c1-15(17-6-4-16(13-20)5-7-17)22-8-2-3-18(14-22)19(23)21-9-11-24-12-10-21/h4-7,15,18H,2-3,8-12,14H2,1H3. The van der Waals surface area contributed by atoms with Gasteiger partial charge in [-0.25, -0.2) is 0 Å². The number of morpholine rings is 1. The zero-order chi connectivity index (χ0) is 16.9. The third-order valence-corrected chi connectivity index (χ3v) is 5.19. The van der Waals surface area contributed by atoms with E-state index in [1.807, 2.05) is 29.2 Å². The summed E-state index contributed by atoms with van der Waals surface area (Å²) in [7, 11) is 0. The Labute approximate surface area is 143 Å². The van der Waals surface area contributed by atoms with Crippen molar-refractivity contribution in [3.05, 3.63) is 35.4 Å². The summed E-state index contributed by atoms with van der Waals surface area (Å²) in [4.78, 5) is 17.1. The molecule has 1 aromatic carbocycles. The van der Waals surface area contributed by atoms with Crippen LogP contribution in [-0.4, -0.2) is 55.1 Å². The van der Waals surface area contributed by atoms with Gasteiger partial charge >= 0.3 is 0 Å². The van der Waals surface area contributed by atoms with E-state index < -0.39 is 0 Å². The molecular formula is C19H25N3O2. The summed E-state index contributed by atoms with van der Waals surface area (Å²) in [5, 5.41) is 8.92. The first kappa shape index (κ1) is 16.9. The van der Waals surface area contributed by atoms with E-state index in [0.717, 1.165) is 39.0 Å². The average molecular weight is 327 g/mol. The number of rotatable bonds is 3. The molecule has 2 atom stereocenters. The molecule has 5 nitrogen and oxygen atoms in total. The summed E-state index contributed by atoms with van der Waals surface area (Å²) in [6.07, 6.45) is 2.04. The summed E-state index contributed by atoms with van der Waals surface area (Å²) < 4.78 is 5.35. The van der Waals surface area contributed by atoms with Gasteiger partial charge in [0.1, 0.15) is 0 Å². The Morgan fingerprint density at radius 2 is 1.96 bits per heavy atom. The summed E-state index contributed by atoms with van der Waals surface area (Å²) in [5.41, 5.74) is 1.89. The lowest BCUT2D eigenvalue weighted by atomic mass is 9.93. The molecule has 1 aromatic rings. The molecule has 2 unspecified atom stereocenters. The van der Waals surface area contributed by atoms with Crippen LogP contribution in [0.4, 0.5) is 0 Å². The zero-order valence-electron chi connectivity index (χ0n) is 14.3. The van der Waals surface area contributed by atoms with Gasteiger partial charge in [0.25, 0.3) is 0 Å². The number of nitriles is 1. The minimum atomic E-state index is 0.0951. The maximum Gasteiger partial charge on any atom is 0.227 e. The molecule has 2 aliphatic heterocycles. The molecule has 3 rings (SSSR count). The SMILES string of the molecule is CC(c1ccc(C#N)cc1)N1CCCC(C(=O)N2CCOCC2)C1. The number of hydrogen-bond donors (Lipinski definition) is 0. The van der Waals surface area contributed by atoms with Crippen molar-refractivity contribution in [1.29, 1.82) is 5.26 Å². The monoisotopic (exact) mass is 327 g/mol. The number of ether oxygens (including phenoxy) is 1. The Hall–Kier alpha value is -1.90. The summed E-state index contributed by atoms with van der Waals surface area (Å²) in [6.45, 7) is 6.78. The molecule has 0 aliphatic carbocycles. The average Bonchev–Trinajstić information content (AvgIpc) is 2.67. The van der Waals surface area contributed by atoms with Gasteiger partial charge in [-0.15, -0.1) is 0 Å². The Morgan fingerprint density at radius 1 is 1.25 bits per heavy atom. The number of piperidine rings is 1. The number of nitrogens with zero attached hydrogens (tertiary/aromatic N) is 3. The quantitative estimate of drug-likeness (QED) is 0.854. The molecule has 2 saturated heterocycles. The first-order chi connectivity index (χ1) is 11.7. The fraction of sp³-hybridized carbons (Fsp3) is 0.579. The van der Waals surface area contributed by atoms with E-state index in [1.165, 1.54) is 5.56 Å². The first-order valence-corrected chi connectivity index (χ1v) is 8.79. The molecule has 1 amide bonds. The normalized spacial score (nSPS) is 23.5. The number of amides is 1. The lowest BCUT2D eigenvalue weighted by Gasteiger charge is -2.39. The fourth-order valence-corrected chi connectivity index (χ4v) is 3.65. The van der Waals surface area contributed by atoms with Crippen molar-refractivity contribution in [3.63, 3.8) is 0 Å². The third-order valence-electron chi connectivity index (χ3n) is 5.19. The molecule has 2 aliphatic rings. The van der Waals surface area contributed by atoms with E-state index >= 15 is 0 Å². The molecular weight excluding hydrogens is 302 g/mol. The molecule has 0 N–H and O–H groups in total. The Balaban J connectivity index is 1.63. The topological polar surface area (TPSA) is 56.6 Å². The van der Waals surface area contributed by atoms with Crippen LogP contribution in [0.2, 0.25) is 0 Å². The van der Waals surface area contributed by atoms with Crippen molar-refractivity contribution >= 4 is 5.91 Å². The van der Waals surface area contributed by atoms with Crippen molar-refractivity contribution in [2.45, 2.75) is 25.8 Å². The van der Waals surface area contributed by atoms with Crippen molar-refractivity contribution < 1.29 is 9.53 Å². The molecule has 24 heavy (non-hydrogen) atoms. The van der Waals surface area contributed by atoms with E-state index in [9.17, 15) is 4.79 Å². The van der Waals surface area contributed by atoms with Gasteiger partial charge < -0.3 is 9.64 Å². The molecule has 2 fully saturated rings. The molecule has 2 heterocycles. The van der Waals surface area contributed by atoms with E-state index in [-0.39, 0.29) is 17.9 Å². The maximum absolute atomic E-state index is 12.7. The number of benzene rings is 1. The highest BCUT2D eigenvalue weighted by Crippen LogP contribution is 2.28. The maximum atomic E-state index is 12.7. The van der Waals surface area contributed by atoms with Crippen molar-refractivity contribution in [2.24, 2.45) is 5.92 Å². The van der Waals surface area contributed by atoms with E-state index in [1.54, 1.807) is 0 Å². The predicted molar refractivity (Wildman–Crippen MR) is 91.3 cm³/mol. The Morgan fingerprint density at radius 3 is 2.62 bits per heavy atom. The van der Waals surface area contributed by atoms with E-state index in [2.05, 4.69) is 17.9 Å². The smallest absolute Gasteiger partial charge is 0.227 e. The van der Waals surface area contributed by atoms with Crippen LogP contribution < -0.4 is 0 Å². The van der Waals surface area contributed by atoms with Crippen LogP contribution in [0.1, 0.15) is 36.9 Å². The second-order valence-electron chi connectivity index (χ2n) is 6.68. The fourth-order valence-electron chi connectivity index (χ4n) is 3.65. The molecule has 0 radical (unpaired) electrons. The minimum Gasteiger partial charge on any atom is -0.378 e. The molecule has 0 aromatic heterocycles. The lowest BCUT2D eigenvalue weighted by molar-refractivity contribution is -0.141. The van der Waals surface area contributed by atoms with Crippen molar-refractivity contribution in [2.75, 3.05) is 39.4 Å². The van der Waals surface area contributed by atoms with Crippen LogP contribution in [-0.2, 0) is 9.53 Å². The molecule has 0 bridgehead atoms. The van der Waals surface area contributed by atoms with Gasteiger partial charge in [0.05, 0.1) is 30.8 Å². The Kier molecular flexibility index (Phi) is 5.49. The second-order valence-corrected chi connectivity index (χ2v) is 6.68. The lowest BCUT2D eigenvalue weighted by Crippen LogP contribution is -2.48. The zero-order valence-corrected chi connectivity index (χ0v) is 14.3. The van der Waals surface area contributed by atoms with Gasteiger partial charge in [-0.2, -0.15) is 5.26 Å². The van der Waals surface area contributed by atoms with Crippen LogP contribution >= 0.6 is 0 Å². The third kappa shape index (κ3) is 3.77. The van der Waals surface area contributed by atoms with E-state index in [0.29, 0.717) is 18.8 Å². The molecule has 128 valence electrons. The number of likely N-dealkylation sites (tertiary alicyclic amines) is 1. The summed E-state index contributed by atoms with van der Waals surface area (Å²) in [6, 6.07) is 10.2. The highest BCUT2D eigenvalue weighted by molar-refractivity contribution is 5.79. The van der Waals surface area contributed by atoms with Crippen LogP contribution in [0, 0.1) is 17.2 Å². The summed E-state index contributed by atoms with van der Waals surface area (Å²) in [5.74, 6) is 0.382.